The summed E-state index contributed by atoms with van der Waals surface area (Å²) in [5, 5.41) is 4.02. The molecule has 0 fully saturated rings. The smallest absolute Gasteiger partial charge is 0.139 e. The standard InChI is InChI=1S/C9H19N3OS/c1-14(2,3)5-4-13-8-12-7-9(10)6-11-12/h6-7H,4-5,8,10H2,1-3H3. The number of hydrogen-bond acceptors (Lipinski definition) is 3. The highest BCUT2D eigenvalue weighted by molar-refractivity contribution is 8.32. The second-order valence-electron chi connectivity index (χ2n) is 4.15. The van der Waals surface area contributed by atoms with Crippen molar-refractivity contribution in [2.75, 3.05) is 36.9 Å². The van der Waals surface area contributed by atoms with E-state index >= 15 is 0 Å². The van der Waals surface area contributed by atoms with E-state index in [1.165, 1.54) is 0 Å². The van der Waals surface area contributed by atoms with E-state index in [9.17, 15) is 0 Å². The number of nitrogens with zero attached hydrogens (tertiary/aromatic N) is 2. The average molecular weight is 217 g/mol. The summed E-state index contributed by atoms with van der Waals surface area (Å²) >= 11 is 0. The number of nitrogens with two attached hydrogens (primary N) is 1. The summed E-state index contributed by atoms with van der Waals surface area (Å²) in [7, 11) is -0.453. The number of hydrogen-bond donors (Lipinski definition) is 1. The fraction of sp³-hybridized carbons (Fsp3) is 0.667. The molecule has 0 amide bonds. The zero-order chi connectivity index (χ0) is 10.6. The van der Waals surface area contributed by atoms with Crippen LogP contribution in [0.15, 0.2) is 12.4 Å². The van der Waals surface area contributed by atoms with Crippen LogP contribution in [-0.4, -0.2) is 40.9 Å². The van der Waals surface area contributed by atoms with E-state index in [4.69, 9.17) is 10.5 Å². The molecule has 0 aromatic carbocycles. The monoisotopic (exact) mass is 217 g/mol. The summed E-state index contributed by atoms with van der Waals surface area (Å²) in [5.74, 6) is 1.13. The maximum absolute atomic E-state index is 5.52. The lowest BCUT2D eigenvalue weighted by Crippen LogP contribution is -2.10. The molecule has 5 heteroatoms. The highest BCUT2D eigenvalue weighted by Crippen LogP contribution is 2.33. The van der Waals surface area contributed by atoms with Crippen molar-refractivity contribution in [2.45, 2.75) is 6.73 Å². The lowest BCUT2D eigenvalue weighted by Gasteiger charge is -2.24. The van der Waals surface area contributed by atoms with Crippen molar-refractivity contribution >= 4 is 15.7 Å². The van der Waals surface area contributed by atoms with Crippen molar-refractivity contribution in [3.8, 4) is 0 Å². The lowest BCUT2D eigenvalue weighted by atomic mass is 10.6. The van der Waals surface area contributed by atoms with Gasteiger partial charge in [0.2, 0.25) is 0 Å². The van der Waals surface area contributed by atoms with Crippen LogP contribution in [0.3, 0.4) is 0 Å². The van der Waals surface area contributed by atoms with Crippen LogP contribution in [0.5, 0.6) is 0 Å². The zero-order valence-electron chi connectivity index (χ0n) is 9.06. The van der Waals surface area contributed by atoms with Gasteiger partial charge in [-0.05, 0) is 18.8 Å². The summed E-state index contributed by atoms with van der Waals surface area (Å²) in [6.07, 6.45) is 10.2. The van der Waals surface area contributed by atoms with Crippen LogP contribution in [0.1, 0.15) is 0 Å². The molecule has 1 heterocycles. The first-order valence-electron chi connectivity index (χ1n) is 4.49. The van der Waals surface area contributed by atoms with Gasteiger partial charge in [0.15, 0.2) is 0 Å². The van der Waals surface area contributed by atoms with E-state index in [2.05, 4.69) is 23.9 Å². The highest BCUT2D eigenvalue weighted by Gasteiger charge is 2.03. The third-order valence-electron chi connectivity index (χ3n) is 1.72. The van der Waals surface area contributed by atoms with Crippen LogP contribution >= 0.6 is 10.0 Å². The molecule has 0 aliphatic heterocycles. The second kappa shape index (κ2) is 4.70. The van der Waals surface area contributed by atoms with Gasteiger partial charge in [-0.25, -0.2) is 14.7 Å². The molecule has 0 bridgehead atoms. The predicted octanol–water partition coefficient (Wildman–Crippen LogP) is 1.13. The summed E-state index contributed by atoms with van der Waals surface area (Å²) in [6, 6.07) is 0. The van der Waals surface area contributed by atoms with E-state index < -0.39 is 10.0 Å². The van der Waals surface area contributed by atoms with Gasteiger partial charge in [-0.2, -0.15) is 5.10 Å². The molecule has 1 aromatic heterocycles. The first kappa shape index (κ1) is 11.4. The average Bonchev–Trinajstić information content (AvgIpc) is 2.44. The van der Waals surface area contributed by atoms with E-state index in [-0.39, 0.29) is 0 Å². The molecule has 82 valence electrons. The molecule has 0 atom stereocenters. The molecular weight excluding hydrogens is 198 g/mol. The van der Waals surface area contributed by atoms with Gasteiger partial charge in [-0.15, -0.1) is 0 Å². The molecular formula is C9H19N3OS. The topological polar surface area (TPSA) is 53.1 Å². The molecule has 0 saturated heterocycles. The maximum Gasteiger partial charge on any atom is 0.139 e. The van der Waals surface area contributed by atoms with Crippen LogP contribution in [0.4, 0.5) is 5.69 Å². The normalized spacial score (nSPS) is 13.1. The third kappa shape index (κ3) is 4.53. The molecule has 4 nitrogen and oxygen atoms in total. The van der Waals surface area contributed by atoms with Crippen LogP contribution in [0, 0.1) is 0 Å². The largest absolute Gasteiger partial charge is 0.396 e. The van der Waals surface area contributed by atoms with Gasteiger partial charge in [-0.3, -0.25) is 0 Å². The minimum atomic E-state index is -0.453. The van der Waals surface area contributed by atoms with Crippen LogP contribution < -0.4 is 5.73 Å². The predicted molar refractivity (Wildman–Crippen MR) is 62.8 cm³/mol. The van der Waals surface area contributed by atoms with Crippen LogP contribution in [-0.2, 0) is 11.5 Å². The molecule has 1 aromatic rings. The molecule has 0 saturated carbocycles. The van der Waals surface area contributed by atoms with Gasteiger partial charge < -0.3 is 10.5 Å². The molecule has 0 unspecified atom stereocenters. The highest BCUT2D eigenvalue weighted by atomic mass is 32.3. The van der Waals surface area contributed by atoms with Crippen LogP contribution in [0.25, 0.3) is 0 Å². The Bertz CT molecular complexity index is 280. The third-order valence-corrected chi connectivity index (χ3v) is 3.11. The fourth-order valence-corrected chi connectivity index (χ4v) is 1.54. The van der Waals surface area contributed by atoms with Crippen molar-refractivity contribution < 1.29 is 4.74 Å². The Morgan fingerprint density at radius 1 is 1.50 bits per heavy atom. The first-order chi connectivity index (χ1) is 6.47. The van der Waals surface area contributed by atoms with Crippen molar-refractivity contribution in [3.05, 3.63) is 12.4 Å². The van der Waals surface area contributed by atoms with Crippen LogP contribution in [0.2, 0.25) is 0 Å². The summed E-state index contributed by atoms with van der Waals surface area (Å²) in [5.41, 5.74) is 6.19. The molecule has 0 aliphatic rings. The van der Waals surface area contributed by atoms with E-state index in [0.29, 0.717) is 12.4 Å². The SMILES string of the molecule is CS(C)(C)CCOCn1cc(N)cn1. The quantitative estimate of drug-likeness (QED) is 0.752. The molecule has 2 N–H and O–H groups in total. The fourth-order valence-electron chi connectivity index (χ4n) is 0.917. The Morgan fingerprint density at radius 2 is 2.21 bits per heavy atom. The second-order valence-corrected chi connectivity index (χ2v) is 8.74. The van der Waals surface area contributed by atoms with Crippen molar-refractivity contribution in [3.63, 3.8) is 0 Å². The summed E-state index contributed by atoms with van der Waals surface area (Å²) in [4.78, 5) is 0. The number of nitrogen functional groups attached to an aromatic ring is 1. The van der Waals surface area contributed by atoms with Gasteiger partial charge in [0, 0.05) is 5.75 Å². The molecule has 0 aliphatic carbocycles. The Morgan fingerprint density at radius 3 is 2.71 bits per heavy atom. The summed E-state index contributed by atoms with van der Waals surface area (Å²) < 4.78 is 7.18. The molecule has 1 rings (SSSR count). The number of aromatic nitrogens is 2. The minimum Gasteiger partial charge on any atom is -0.396 e. The number of rotatable bonds is 5. The molecule has 0 radical (unpaired) electrons. The number of ether oxygens (including phenoxy) is 1. The van der Waals surface area contributed by atoms with Gasteiger partial charge in [0.25, 0.3) is 0 Å². The lowest BCUT2D eigenvalue weighted by molar-refractivity contribution is 0.0809. The Labute approximate surface area is 86.7 Å². The van der Waals surface area contributed by atoms with Crippen molar-refractivity contribution in [2.24, 2.45) is 0 Å². The molecule has 0 spiro atoms. The van der Waals surface area contributed by atoms with Gasteiger partial charge in [0.05, 0.1) is 24.7 Å². The zero-order valence-corrected chi connectivity index (χ0v) is 9.88. The Hall–Kier alpha value is -0.680. The van der Waals surface area contributed by atoms with Crippen molar-refractivity contribution in [1.29, 1.82) is 0 Å². The maximum atomic E-state index is 5.52. The van der Waals surface area contributed by atoms with E-state index in [1.807, 2.05) is 0 Å². The Kier molecular flexibility index (Phi) is 3.83. The number of anilines is 1. The minimum absolute atomic E-state index is 0.453. The summed E-state index contributed by atoms with van der Waals surface area (Å²) in [6.45, 7) is 1.28. The van der Waals surface area contributed by atoms with E-state index in [1.54, 1.807) is 17.1 Å². The van der Waals surface area contributed by atoms with Gasteiger partial charge >= 0.3 is 0 Å². The first-order valence-corrected chi connectivity index (χ1v) is 7.52. The van der Waals surface area contributed by atoms with E-state index in [0.717, 1.165) is 12.4 Å². The van der Waals surface area contributed by atoms with Gasteiger partial charge in [-0.1, -0.05) is 0 Å². The van der Waals surface area contributed by atoms with Gasteiger partial charge in [0.1, 0.15) is 6.73 Å². The Balaban J connectivity index is 2.16. The molecule has 14 heavy (non-hydrogen) atoms. The van der Waals surface area contributed by atoms with Crippen molar-refractivity contribution in [1.82, 2.24) is 9.78 Å².